The number of rotatable bonds is 7. The molecule has 2 saturated heterocycles. The molecular weight excluding hydrogens is 528 g/mol. The molecule has 7 nitrogen and oxygen atoms in total. The molecule has 41 heavy (non-hydrogen) atoms. The van der Waals surface area contributed by atoms with Gasteiger partial charge in [0.15, 0.2) is 0 Å². The molecule has 3 aliphatic rings. The number of fused-ring (bicyclic) bond motifs is 4. The Labute approximate surface area is 246 Å². The molecule has 3 aliphatic heterocycles. The number of hydrogen-bond acceptors (Lipinski definition) is 7. The number of thiocarbonyl (C=S) groups is 1. The van der Waals surface area contributed by atoms with Crippen molar-refractivity contribution in [1.29, 1.82) is 10.5 Å². The summed E-state index contributed by atoms with van der Waals surface area (Å²) >= 11 is 6.26. The fraction of sp³-hybridized carbons (Fsp3) is 0.333. The van der Waals surface area contributed by atoms with Crippen LogP contribution in [0.4, 0.5) is 0 Å². The first-order valence-corrected chi connectivity index (χ1v) is 14.4. The van der Waals surface area contributed by atoms with Gasteiger partial charge < -0.3 is 9.64 Å². The molecule has 8 heteroatoms. The van der Waals surface area contributed by atoms with Crippen molar-refractivity contribution in [2.45, 2.75) is 25.9 Å². The maximum absolute atomic E-state index is 11.2. The van der Waals surface area contributed by atoms with Gasteiger partial charge in [0.2, 0.25) is 0 Å². The van der Waals surface area contributed by atoms with Crippen LogP contribution in [0.3, 0.4) is 0 Å². The monoisotopic (exact) mass is 560 g/mol. The Morgan fingerprint density at radius 3 is 2.07 bits per heavy atom. The van der Waals surface area contributed by atoms with E-state index in [-0.39, 0.29) is 0 Å². The Morgan fingerprint density at radius 2 is 1.44 bits per heavy atom. The standard InChI is InChI=1S/C33H32N6OS/c1-2-40-28-16-10-9-15-27(28)29-32(19-34)21-37(17-25-11-5-3-6-12-25)22-33(29,20-35)31(41)39-24-38(23-36-30(32)39)18-26-13-7-4-8-14-26/h3-16,29H,2,17-18,21-24H2,1H3/t29-,32+,33+/m0/s1. The van der Waals surface area contributed by atoms with E-state index in [1.165, 1.54) is 5.56 Å². The molecule has 3 heterocycles. The lowest BCUT2D eigenvalue weighted by atomic mass is 9.53. The van der Waals surface area contributed by atoms with E-state index in [0.717, 1.165) is 11.1 Å². The molecule has 3 aromatic rings. The smallest absolute Gasteiger partial charge is 0.136 e. The number of aliphatic imine (C=N–C) groups is 1. The van der Waals surface area contributed by atoms with E-state index in [2.05, 4.69) is 46.2 Å². The van der Waals surface area contributed by atoms with Gasteiger partial charge in [-0.15, -0.1) is 0 Å². The minimum Gasteiger partial charge on any atom is -0.494 e. The molecule has 0 saturated carbocycles. The first-order valence-electron chi connectivity index (χ1n) is 14.0. The number of para-hydroxylation sites is 1. The van der Waals surface area contributed by atoms with Gasteiger partial charge in [0.25, 0.3) is 0 Å². The van der Waals surface area contributed by atoms with Gasteiger partial charge in [-0.2, -0.15) is 10.5 Å². The number of ether oxygens (including phenoxy) is 1. The van der Waals surface area contributed by atoms with Crippen LogP contribution >= 0.6 is 12.2 Å². The SMILES string of the molecule is CCOc1ccccc1[C@@H]1[C@@]2(C#N)CN(Cc3ccccc3)C[C@@]1(C#N)C1=NCN(Cc3ccccc3)CN1C2=S. The molecule has 0 spiro atoms. The predicted molar refractivity (Wildman–Crippen MR) is 162 cm³/mol. The molecule has 0 aromatic heterocycles. The number of hydrogen-bond donors (Lipinski definition) is 0. The van der Waals surface area contributed by atoms with E-state index in [4.69, 9.17) is 21.9 Å². The fourth-order valence-electron chi connectivity index (χ4n) is 6.83. The van der Waals surface area contributed by atoms with Gasteiger partial charge in [-0.3, -0.25) is 14.8 Å². The van der Waals surface area contributed by atoms with Crippen LogP contribution in [0.25, 0.3) is 0 Å². The Hall–Kier alpha value is -4.08. The highest BCUT2D eigenvalue weighted by Gasteiger charge is 2.68. The molecule has 0 unspecified atom stereocenters. The summed E-state index contributed by atoms with van der Waals surface area (Å²) in [4.78, 5) is 12.0. The van der Waals surface area contributed by atoms with E-state index in [1.54, 1.807) is 0 Å². The molecule has 3 atom stereocenters. The average molecular weight is 561 g/mol. The lowest BCUT2D eigenvalue weighted by molar-refractivity contribution is 0.0513. The van der Waals surface area contributed by atoms with Gasteiger partial charge in [0.1, 0.15) is 27.4 Å². The second-order valence-corrected chi connectivity index (χ2v) is 11.4. The number of likely N-dealkylation sites (tertiary alicyclic amines) is 1. The van der Waals surface area contributed by atoms with Crippen molar-refractivity contribution in [3.05, 3.63) is 102 Å². The van der Waals surface area contributed by atoms with E-state index < -0.39 is 16.7 Å². The number of nitriles is 2. The summed E-state index contributed by atoms with van der Waals surface area (Å²) in [6, 6.07) is 33.6. The van der Waals surface area contributed by atoms with Crippen LogP contribution in [-0.4, -0.2) is 58.6 Å². The summed E-state index contributed by atoms with van der Waals surface area (Å²) in [6.07, 6.45) is 0. The van der Waals surface area contributed by atoms with Gasteiger partial charge in [0.05, 0.1) is 32.1 Å². The lowest BCUT2D eigenvalue weighted by Crippen LogP contribution is -2.73. The van der Waals surface area contributed by atoms with Crippen molar-refractivity contribution in [2.75, 3.05) is 33.0 Å². The highest BCUT2D eigenvalue weighted by Crippen LogP contribution is 2.59. The largest absolute Gasteiger partial charge is 0.494 e. The first kappa shape index (κ1) is 27.1. The van der Waals surface area contributed by atoms with Crippen molar-refractivity contribution in [3.63, 3.8) is 0 Å². The van der Waals surface area contributed by atoms with Crippen molar-refractivity contribution < 1.29 is 4.74 Å². The maximum atomic E-state index is 11.2. The zero-order chi connectivity index (χ0) is 28.5. The highest BCUT2D eigenvalue weighted by atomic mass is 32.1. The summed E-state index contributed by atoms with van der Waals surface area (Å²) in [5, 5.41) is 22.3. The quantitative estimate of drug-likeness (QED) is 0.369. The van der Waals surface area contributed by atoms with Crippen molar-refractivity contribution in [1.82, 2.24) is 14.7 Å². The minimum absolute atomic E-state index is 0.411. The topological polar surface area (TPSA) is 78.9 Å². The van der Waals surface area contributed by atoms with Gasteiger partial charge in [-0.1, -0.05) is 91.1 Å². The van der Waals surface area contributed by atoms with E-state index in [9.17, 15) is 10.5 Å². The zero-order valence-corrected chi connectivity index (χ0v) is 23.9. The second-order valence-electron chi connectivity index (χ2n) is 11.0. The highest BCUT2D eigenvalue weighted by molar-refractivity contribution is 7.80. The van der Waals surface area contributed by atoms with Crippen molar-refractivity contribution >= 4 is 23.0 Å². The van der Waals surface area contributed by atoms with Crippen molar-refractivity contribution in [2.24, 2.45) is 15.8 Å². The number of benzene rings is 3. The van der Waals surface area contributed by atoms with E-state index in [0.29, 0.717) is 62.7 Å². The molecule has 206 valence electrons. The Bertz CT molecular complexity index is 1550. The van der Waals surface area contributed by atoms with Crippen LogP contribution in [-0.2, 0) is 13.1 Å². The Morgan fingerprint density at radius 1 is 0.854 bits per heavy atom. The molecule has 6 rings (SSSR count). The van der Waals surface area contributed by atoms with Crippen LogP contribution < -0.4 is 4.74 Å². The zero-order valence-electron chi connectivity index (χ0n) is 23.1. The summed E-state index contributed by atoms with van der Waals surface area (Å²) in [5.41, 5.74) is 0.907. The average Bonchev–Trinajstić information content (AvgIpc) is 3.01. The van der Waals surface area contributed by atoms with Crippen LogP contribution in [0.2, 0.25) is 0 Å². The Kier molecular flexibility index (Phi) is 7.32. The molecule has 3 aromatic carbocycles. The van der Waals surface area contributed by atoms with Crippen LogP contribution in [0.1, 0.15) is 29.5 Å². The Balaban J connectivity index is 1.49. The van der Waals surface area contributed by atoms with E-state index >= 15 is 0 Å². The molecule has 0 N–H and O–H groups in total. The number of piperidine rings is 2. The van der Waals surface area contributed by atoms with Crippen LogP contribution in [0, 0.1) is 33.5 Å². The summed E-state index contributed by atoms with van der Waals surface area (Å²) < 4.78 is 6.07. The number of nitrogens with zero attached hydrogens (tertiary/aromatic N) is 6. The first-order chi connectivity index (χ1) is 20.0. The van der Waals surface area contributed by atoms with Gasteiger partial charge in [-0.25, -0.2) is 0 Å². The third-order valence-corrected chi connectivity index (χ3v) is 8.99. The third-order valence-electron chi connectivity index (χ3n) is 8.40. The molecular formula is C33H32N6OS. The van der Waals surface area contributed by atoms with Gasteiger partial charge in [0, 0.05) is 37.7 Å². The normalized spacial score (nSPS) is 25.9. The van der Waals surface area contributed by atoms with Gasteiger partial charge in [-0.05, 0) is 24.1 Å². The van der Waals surface area contributed by atoms with E-state index in [1.807, 2.05) is 72.5 Å². The van der Waals surface area contributed by atoms with Gasteiger partial charge >= 0.3 is 0 Å². The third kappa shape index (κ3) is 4.59. The molecule has 0 aliphatic carbocycles. The maximum Gasteiger partial charge on any atom is 0.136 e. The van der Waals surface area contributed by atoms with Crippen LogP contribution in [0.5, 0.6) is 5.75 Å². The second kappa shape index (κ2) is 11.1. The summed E-state index contributed by atoms with van der Waals surface area (Å²) in [5.74, 6) is 0.825. The van der Waals surface area contributed by atoms with Crippen molar-refractivity contribution in [3.8, 4) is 17.9 Å². The molecule has 0 radical (unpaired) electrons. The fourth-order valence-corrected chi connectivity index (χ4v) is 7.20. The predicted octanol–water partition coefficient (Wildman–Crippen LogP) is 5.18. The lowest BCUT2D eigenvalue weighted by Gasteiger charge is -2.60. The minimum atomic E-state index is -1.14. The molecule has 2 fully saturated rings. The molecule has 0 amide bonds. The summed E-state index contributed by atoms with van der Waals surface area (Å²) in [6.45, 7) is 5.52. The van der Waals surface area contributed by atoms with Crippen LogP contribution in [0.15, 0.2) is 89.9 Å². The molecule has 2 bridgehead atoms. The number of amidine groups is 1. The summed E-state index contributed by atoms with van der Waals surface area (Å²) in [7, 11) is 0.